The largest absolute Gasteiger partial charge is 0.493 e. The molecule has 5 nitrogen and oxygen atoms in total. The molecule has 104 valence electrons. The molecule has 0 spiro atoms. The van der Waals surface area contributed by atoms with E-state index in [9.17, 15) is 4.79 Å². The molecule has 0 fully saturated rings. The summed E-state index contributed by atoms with van der Waals surface area (Å²) in [6.45, 7) is 2.18. The number of nitrogens with zero attached hydrogens (tertiary/aromatic N) is 1. The number of nitrogens with one attached hydrogen (secondary N) is 1. The maximum Gasteiger partial charge on any atom is 0.228 e. The second-order valence-electron chi connectivity index (χ2n) is 4.38. The van der Waals surface area contributed by atoms with Gasteiger partial charge in [0.05, 0.1) is 13.0 Å². The molecule has 5 heteroatoms. The number of hydrogen-bond acceptors (Lipinski definition) is 4. The summed E-state index contributed by atoms with van der Waals surface area (Å²) in [7, 11) is 0. The van der Waals surface area contributed by atoms with E-state index in [1.54, 1.807) is 30.3 Å². The highest BCUT2D eigenvalue weighted by atomic mass is 16.5. The highest BCUT2D eigenvalue weighted by molar-refractivity contribution is 5.89. The Morgan fingerprint density at radius 2 is 2.00 bits per heavy atom. The minimum Gasteiger partial charge on any atom is -0.493 e. The van der Waals surface area contributed by atoms with Gasteiger partial charge in [-0.1, -0.05) is 6.07 Å². The van der Waals surface area contributed by atoms with Gasteiger partial charge in [0.1, 0.15) is 11.6 Å². The molecule has 2 rings (SSSR count). The molecule has 0 saturated heterocycles. The number of pyridine rings is 1. The molecule has 1 aromatic carbocycles. The molecule has 1 amide bonds. The maximum absolute atomic E-state index is 11.7. The molecule has 1 heterocycles. The lowest BCUT2D eigenvalue weighted by Crippen LogP contribution is -2.16. The second kappa shape index (κ2) is 6.56. The van der Waals surface area contributed by atoms with E-state index in [2.05, 4.69) is 10.3 Å². The summed E-state index contributed by atoms with van der Waals surface area (Å²) < 4.78 is 5.46. The second-order valence-corrected chi connectivity index (χ2v) is 4.38. The number of ether oxygens (including phenoxy) is 1. The monoisotopic (exact) mass is 271 g/mol. The molecule has 0 atom stereocenters. The summed E-state index contributed by atoms with van der Waals surface area (Å²) in [6, 6.07) is 12.5. The lowest BCUT2D eigenvalue weighted by molar-refractivity contribution is -0.116. The number of nitrogen functional groups attached to an aromatic ring is 1. The molecular formula is C15H17N3O2. The van der Waals surface area contributed by atoms with Crippen molar-refractivity contribution in [3.05, 3.63) is 48.2 Å². The number of carbonyl (C=O) groups excluding carboxylic acids is 1. The van der Waals surface area contributed by atoms with Crippen molar-refractivity contribution >= 4 is 17.4 Å². The third-order valence-corrected chi connectivity index (χ3v) is 2.63. The van der Waals surface area contributed by atoms with Crippen LogP contribution in [0.3, 0.4) is 0 Å². The standard InChI is InChI=1S/C15H17N3O2/c1-11-3-2-4-14(17-11)18-15(19)9-10-20-13-7-5-12(16)6-8-13/h2-8H,9-10,16H2,1H3,(H,17,18,19). The Hall–Kier alpha value is -2.56. The molecular weight excluding hydrogens is 254 g/mol. The Balaban J connectivity index is 1.76. The smallest absolute Gasteiger partial charge is 0.228 e. The number of hydrogen-bond donors (Lipinski definition) is 2. The molecule has 20 heavy (non-hydrogen) atoms. The normalized spacial score (nSPS) is 10.1. The zero-order chi connectivity index (χ0) is 14.4. The summed E-state index contributed by atoms with van der Waals surface area (Å²) >= 11 is 0. The molecule has 0 bridgehead atoms. The number of amides is 1. The van der Waals surface area contributed by atoms with E-state index in [1.165, 1.54) is 0 Å². The Bertz CT molecular complexity index is 582. The molecule has 2 aromatic rings. The van der Waals surface area contributed by atoms with Crippen LogP contribution in [-0.2, 0) is 4.79 Å². The van der Waals surface area contributed by atoms with Crippen LogP contribution >= 0.6 is 0 Å². The van der Waals surface area contributed by atoms with E-state index in [4.69, 9.17) is 10.5 Å². The van der Waals surface area contributed by atoms with Gasteiger partial charge in [-0.3, -0.25) is 4.79 Å². The molecule has 0 aliphatic rings. The molecule has 1 aromatic heterocycles. The number of aromatic nitrogens is 1. The van der Waals surface area contributed by atoms with Crippen LogP contribution < -0.4 is 15.8 Å². The average molecular weight is 271 g/mol. The Kier molecular flexibility index (Phi) is 4.55. The van der Waals surface area contributed by atoms with Gasteiger partial charge in [0, 0.05) is 11.4 Å². The Morgan fingerprint density at radius 3 is 2.70 bits per heavy atom. The predicted molar refractivity (Wildman–Crippen MR) is 78.6 cm³/mol. The fraction of sp³-hybridized carbons (Fsp3) is 0.200. The fourth-order valence-corrected chi connectivity index (χ4v) is 1.64. The molecule has 3 N–H and O–H groups in total. The molecule has 0 saturated carbocycles. The zero-order valence-corrected chi connectivity index (χ0v) is 11.3. The van der Waals surface area contributed by atoms with Crippen molar-refractivity contribution in [1.82, 2.24) is 4.98 Å². The lowest BCUT2D eigenvalue weighted by atomic mass is 10.3. The van der Waals surface area contributed by atoms with Gasteiger partial charge in [-0.05, 0) is 43.3 Å². The predicted octanol–water partition coefficient (Wildman–Crippen LogP) is 2.38. The van der Waals surface area contributed by atoms with Crippen LogP contribution in [0.15, 0.2) is 42.5 Å². The number of nitrogens with two attached hydrogens (primary N) is 1. The summed E-state index contributed by atoms with van der Waals surface area (Å²) in [5.41, 5.74) is 7.12. The third kappa shape index (κ3) is 4.28. The van der Waals surface area contributed by atoms with E-state index in [0.29, 0.717) is 23.9 Å². The molecule has 0 radical (unpaired) electrons. The van der Waals surface area contributed by atoms with E-state index in [1.807, 2.05) is 19.1 Å². The van der Waals surface area contributed by atoms with Crippen molar-refractivity contribution in [2.75, 3.05) is 17.7 Å². The van der Waals surface area contributed by atoms with Crippen LogP contribution in [0.5, 0.6) is 5.75 Å². The van der Waals surface area contributed by atoms with Gasteiger partial charge in [-0.25, -0.2) is 4.98 Å². The first-order chi connectivity index (χ1) is 9.63. The van der Waals surface area contributed by atoms with Gasteiger partial charge in [0.15, 0.2) is 0 Å². The third-order valence-electron chi connectivity index (χ3n) is 2.63. The lowest BCUT2D eigenvalue weighted by Gasteiger charge is -2.07. The van der Waals surface area contributed by atoms with E-state index < -0.39 is 0 Å². The van der Waals surface area contributed by atoms with Crippen LogP contribution in [0.2, 0.25) is 0 Å². The number of rotatable bonds is 5. The zero-order valence-electron chi connectivity index (χ0n) is 11.3. The Morgan fingerprint density at radius 1 is 1.25 bits per heavy atom. The van der Waals surface area contributed by atoms with Crippen molar-refractivity contribution in [3.63, 3.8) is 0 Å². The Labute approximate surface area is 117 Å². The topological polar surface area (TPSA) is 77.2 Å². The SMILES string of the molecule is Cc1cccc(NC(=O)CCOc2ccc(N)cc2)n1. The van der Waals surface area contributed by atoms with Crippen molar-refractivity contribution in [1.29, 1.82) is 0 Å². The van der Waals surface area contributed by atoms with Gasteiger partial charge in [-0.2, -0.15) is 0 Å². The summed E-state index contributed by atoms with van der Waals surface area (Å²) in [6.07, 6.45) is 0.264. The quantitative estimate of drug-likeness (QED) is 0.818. The number of aryl methyl sites for hydroxylation is 1. The minimum absolute atomic E-state index is 0.126. The van der Waals surface area contributed by atoms with Crippen LogP contribution in [0.25, 0.3) is 0 Å². The van der Waals surface area contributed by atoms with Crippen LogP contribution in [-0.4, -0.2) is 17.5 Å². The van der Waals surface area contributed by atoms with Gasteiger partial charge < -0.3 is 15.8 Å². The molecule has 0 aliphatic heterocycles. The summed E-state index contributed by atoms with van der Waals surface area (Å²) in [5.74, 6) is 1.13. The maximum atomic E-state index is 11.7. The summed E-state index contributed by atoms with van der Waals surface area (Å²) in [5, 5.41) is 2.73. The number of anilines is 2. The van der Waals surface area contributed by atoms with Gasteiger partial charge in [0.25, 0.3) is 0 Å². The van der Waals surface area contributed by atoms with E-state index in [-0.39, 0.29) is 12.3 Å². The van der Waals surface area contributed by atoms with Crippen LogP contribution in [0, 0.1) is 6.92 Å². The van der Waals surface area contributed by atoms with Crippen LogP contribution in [0.4, 0.5) is 11.5 Å². The van der Waals surface area contributed by atoms with Crippen molar-refractivity contribution in [2.24, 2.45) is 0 Å². The highest BCUT2D eigenvalue weighted by Gasteiger charge is 2.04. The first kappa shape index (κ1) is 13.9. The van der Waals surface area contributed by atoms with Gasteiger partial charge >= 0.3 is 0 Å². The van der Waals surface area contributed by atoms with Crippen molar-refractivity contribution < 1.29 is 9.53 Å². The fourth-order valence-electron chi connectivity index (χ4n) is 1.64. The van der Waals surface area contributed by atoms with Crippen molar-refractivity contribution in [3.8, 4) is 5.75 Å². The summed E-state index contributed by atoms with van der Waals surface area (Å²) in [4.78, 5) is 15.9. The minimum atomic E-state index is -0.126. The van der Waals surface area contributed by atoms with E-state index in [0.717, 1.165) is 5.69 Å². The molecule has 0 unspecified atom stereocenters. The molecule has 0 aliphatic carbocycles. The van der Waals surface area contributed by atoms with Crippen LogP contribution in [0.1, 0.15) is 12.1 Å². The van der Waals surface area contributed by atoms with Crippen molar-refractivity contribution in [2.45, 2.75) is 13.3 Å². The first-order valence-electron chi connectivity index (χ1n) is 6.35. The number of carbonyl (C=O) groups is 1. The average Bonchev–Trinajstić information content (AvgIpc) is 2.41. The van der Waals surface area contributed by atoms with E-state index >= 15 is 0 Å². The highest BCUT2D eigenvalue weighted by Crippen LogP contribution is 2.13. The number of benzene rings is 1. The van der Waals surface area contributed by atoms with Gasteiger partial charge in [0.2, 0.25) is 5.91 Å². The van der Waals surface area contributed by atoms with Gasteiger partial charge in [-0.15, -0.1) is 0 Å². The first-order valence-corrected chi connectivity index (χ1v) is 6.35.